The summed E-state index contributed by atoms with van der Waals surface area (Å²) in [5, 5.41) is 0. The highest BCUT2D eigenvalue weighted by molar-refractivity contribution is 5.47. The van der Waals surface area contributed by atoms with Crippen LogP contribution in [0.3, 0.4) is 0 Å². The fourth-order valence-electron chi connectivity index (χ4n) is 2.02. The Morgan fingerprint density at radius 1 is 1.30 bits per heavy atom. The lowest BCUT2D eigenvalue weighted by molar-refractivity contribution is 0.128. The third-order valence-corrected chi connectivity index (χ3v) is 3.38. The first kappa shape index (κ1) is 16.7. The van der Waals surface area contributed by atoms with Gasteiger partial charge in [-0.05, 0) is 26.7 Å². The van der Waals surface area contributed by atoms with Crippen molar-refractivity contribution in [2.75, 3.05) is 23.8 Å². The Bertz CT molecular complexity index is 397. The predicted octanol–water partition coefficient (Wildman–Crippen LogP) is 3.00. The molecule has 1 aromatic heterocycles. The lowest BCUT2D eigenvalue weighted by Gasteiger charge is -2.30. The van der Waals surface area contributed by atoms with Gasteiger partial charge >= 0.3 is 0 Å². The fraction of sp³-hybridized carbons (Fsp3) is 0.733. The molecule has 0 saturated heterocycles. The maximum absolute atomic E-state index is 5.91. The van der Waals surface area contributed by atoms with Crippen LogP contribution in [0.15, 0.2) is 6.07 Å². The molecule has 1 unspecified atom stereocenters. The molecule has 1 heterocycles. The van der Waals surface area contributed by atoms with Crippen molar-refractivity contribution < 1.29 is 4.74 Å². The van der Waals surface area contributed by atoms with Gasteiger partial charge in [-0.25, -0.2) is 9.97 Å². The molecule has 0 saturated carbocycles. The molecule has 2 N–H and O–H groups in total. The zero-order chi connectivity index (χ0) is 15.0. The van der Waals surface area contributed by atoms with Crippen LogP contribution in [-0.2, 0) is 11.3 Å². The van der Waals surface area contributed by atoms with E-state index in [4.69, 9.17) is 10.5 Å². The highest BCUT2D eigenvalue weighted by Gasteiger charge is 2.15. The summed E-state index contributed by atoms with van der Waals surface area (Å²) in [7, 11) is 0. The SMILES string of the molecule is CCCCN(c1cc(N)nc(COCC)n1)C(C)CC. The van der Waals surface area contributed by atoms with E-state index in [0.29, 0.717) is 30.9 Å². The molecule has 1 rings (SSSR count). The first-order valence-electron chi connectivity index (χ1n) is 7.60. The van der Waals surface area contributed by atoms with E-state index in [1.165, 1.54) is 6.42 Å². The maximum atomic E-state index is 5.91. The molecule has 0 spiro atoms. The number of ether oxygens (including phenoxy) is 1. The van der Waals surface area contributed by atoms with Crippen molar-refractivity contribution >= 4 is 11.6 Å². The van der Waals surface area contributed by atoms with Crippen LogP contribution in [0.25, 0.3) is 0 Å². The molecule has 0 aliphatic rings. The summed E-state index contributed by atoms with van der Waals surface area (Å²) in [5.74, 6) is 2.08. The lowest BCUT2D eigenvalue weighted by atomic mass is 10.2. The highest BCUT2D eigenvalue weighted by atomic mass is 16.5. The minimum Gasteiger partial charge on any atom is -0.384 e. The van der Waals surface area contributed by atoms with Gasteiger partial charge in [0.1, 0.15) is 18.2 Å². The minimum absolute atomic E-state index is 0.413. The quantitative estimate of drug-likeness (QED) is 0.753. The monoisotopic (exact) mass is 280 g/mol. The van der Waals surface area contributed by atoms with Crippen molar-refractivity contribution in [3.8, 4) is 0 Å². The van der Waals surface area contributed by atoms with Crippen LogP contribution in [0.2, 0.25) is 0 Å². The normalized spacial score (nSPS) is 12.4. The van der Waals surface area contributed by atoms with Crippen LogP contribution < -0.4 is 10.6 Å². The number of nitrogens with zero attached hydrogens (tertiary/aromatic N) is 3. The second kappa shape index (κ2) is 8.74. The number of rotatable bonds is 9. The van der Waals surface area contributed by atoms with Crippen molar-refractivity contribution in [3.63, 3.8) is 0 Å². The van der Waals surface area contributed by atoms with Crippen molar-refractivity contribution in [2.24, 2.45) is 0 Å². The van der Waals surface area contributed by atoms with Crippen molar-refractivity contribution in [1.29, 1.82) is 0 Å². The zero-order valence-corrected chi connectivity index (χ0v) is 13.2. The molecular weight excluding hydrogens is 252 g/mol. The van der Waals surface area contributed by atoms with E-state index in [1.807, 2.05) is 13.0 Å². The summed E-state index contributed by atoms with van der Waals surface area (Å²) >= 11 is 0. The molecule has 5 nitrogen and oxygen atoms in total. The molecule has 0 aromatic carbocycles. The Kier molecular flexibility index (Phi) is 7.30. The maximum Gasteiger partial charge on any atom is 0.158 e. The molecule has 20 heavy (non-hydrogen) atoms. The Labute approximate surface area is 122 Å². The van der Waals surface area contributed by atoms with Gasteiger partial charge in [0, 0.05) is 25.3 Å². The van der Waals surface area contributed by atoms with Crippen molar-refractivity contribution in [2.45, 2.75) is 59.6 Å². The van der Waals surface area contributed by atoms with Crippen LogP contribution in [-0.4, -0.2) is 29.2 Å². The lowest BCUT2D eigenvalue weighted by Crippen LogP contribution is -2.34. The predicted molar refractivity (Wildman–Crippen MR) is 83.8 cm³/mol. The van der Waals surface area contributed by atoms with Crippen LogP contribution in [0.5, 0.6) is 0 Å². The van der Waals surface area contributed by atoms with E-state index >= 15 is 0 Å². The van der Waals surface area contributed by atoms with Gasteiger partial charge in [-0.15, -0.1) is 0 Å². The molecular formula is C15H28N4O. The second-order valence-corrected chi connectivity index (χ2v) is 5.01. The van der Waals surface area contributed by atoms with Gasteiger partial charge in [-0.2, -0.15) is 0 Å². The molecule has 1 aromatic rings. The molecule has 0 fully saturated rings. The van der Waals surface area contributed by atoms with Gasteiger partial charge in [-0.1, -0.05) is 20.3 Å². The smallest absolute Gasteiger partial charge is 0.158 e. The number of hydrogen-bond acceptors (Lipinski definition) is 5. The zero-order valence-electron chi connectivity index (χ0n) is 13.2. The largest absolute Gasteiger partial charge is 0.384 e. The van der Waals surface area contributed by atoms with E-state index in [-0.39, 0.29) is 0 Å². The third-order valence-electron chi connectivity index (χ3n) is 3.38. The standard InChI is InChI=1S/C15H28N4O/c1-5-8-9-19(12(4)6-2)15-10-13(16)17-14(18-15)11-20-7-3/h10,12H,5-9,11H2,1-4H3,(H2,16,17,18). The van der Waals surface area contributed by atoms with Crippen molar-refractivity contribution in [1.82, 2.24) is 9.97 Å². The Hall–Kier alpha value is -1.36. The summed E-state index contributed by atoms with van der Waals surface area (Å²) in [6.07, 6.45) is 3.39. The van der Waals surface area contributed by atoms with Crippen LogP contribution >= 0.6 is 0 Å². The van der Waals surface area contributed by atoms with Gasteiger partial charge in [0.05, 0.1) is 0 Å². The molecule has 114 valence electrons. The molecule has 0 amide bonds. The summed E-state index contributed by atoms with van der Waals surface area (Å²) in [6, 6.07) is 2.30. The molecule has 0 aliphatic carbocycles. The average molecular weight is 280 g/mol. The highest BCUT2D eigenvalue weighted by Crippen LogP contribution is 2.19. The fourth-order valence-corrected chi connectivity index (χ4v) is 2.02. The molecule has 0 aliphatic heterocycles. The van der Waals surface area contributed by atoms with Gasteiger partial charge in [0.25, 0.3) is 0 Å². The van der Waals surface area contributed by atoms with Crippen molar-refractivity contribution in [3.05, 3.63) is 11.9 Å². The molecule has 1 atom stereocenters. The van der Waals surface area contributed by atoms with E-state index in [1.54, 1.807) is 0 Å². The first-order chi connectivity index (χ1) is 9.62. The summed E-state index contributed by atoms with van der Waals surface area (Å²) in [6.45, 7) is 10.6. The van der Waals surface area contributed by atoms with E-state index in [2.05, 4.69) is 35.6 Å². The first-order valence-corrected chi connectivity index (χ1v) is 7.60. The molecule has 0 radical (unpaired) electrons. The minimum atomic E-state index is 0.413. The van der Waals surface area contributed by atoms with Crippen LogP contribution in [0.4, 0.5) is 11.6 Å². The van der Waals surface area contributed by atoms with Gasteiger partial charge in [0.2, 0.25) is 0 Å². The molecule has 5 heteroatoms. The number of unbranched alkanes of at least 4 members (excludes halogenated alkanes) is 1. The molecule has 0 bridgehead atoms. The summed E-state index contributed by atoms with van der Waals surface area (Å²) in [4.78, 5) is 11.2. The Balaban J connectivity index is 2.95. The van der Waals surface area contributed by atoms with Gasteiger partial charge < -0.3 is 15.4 Å². The van der Waals surface area contributed by atoms with Gasteiger partial charge in [0.15, 0.2) is 5.82 Å². The summed E-state index contributed by atoms with van der Waals surface area (Å²) in [5.41, 5.74) is 5.91. The van der Waals surface area contributed by atoms with E-state index in [0.717, 1.165) is 25.2 Å². The van der Waals surface area contributed by atoms with E-state index < -0.39 is 0 Å². The number of nitrogen functional groups attached to an aromatic ring is 1. The number of nitrogens with two attached hydrogens (primary N) is 1. The summed E-state index contributed by atoms with van der Waals surface area (Å²) < 4.78 is 5.38. The number of hydrogen-bond donors (Lipinski definition) is 1. The topological polar surface area (TPSA) is 64.3 Å². The second-order valence-electron chi connectivity index (χ2n) is 5.01. The van der Waals surface area contributed by atoms with Gasteiger partial charge in [-0.3, -0.25) is 0 Å². The Morgan fingerprint density at radius 3 is 2.65 bits per heavy atom. The van der Waals surface area contributed by atoms with Crippen LogP contribution in [0, 0.1) is 0 Å². The Morgan fingerprint density at radius 2 is 2.05 bits per heavy atom. The third kappa shape index (κ3) is 4.96. The number of aromatic nitrogens is 2. The van der Waals surface area contributed by atoms with Crippen LogP contribution in [0.1, 0.15) is 52.8 Å². The number of anilines is 2. The average Bonchev–Trinajstić information content (AvgIpc) is 2.44. The van der Waals surface area contributed by atoms with E-state index in [9.17, 15) is 0 Å².